The molecule has 27 heavy (non-hydrogen) atoms. The van der Waals surface area contributed by atoms with Crippen LogP contribution in [0.2, 0.25) is 0 Å². The SMILES string of the molecule is CCCCC(C=O)NC(=O)[C@H](CC(C)C)NC(=O)[C@H](CC(C)C)NC(C)=O. The lowest BCUT2D eigenvalue weighted by Gasteiger charge is -2.25. The Hall–Kier alpha value is -1.92. The lowest BCUT2D eigenvalue weighted by atomic mass is 9.99. The summed E-state index contributed by atoms with van der Waals surface area (Å²) in [6.07, 6.45) is 4.01. The fourth-order valence-corrected chi connectivity index (χ4v) is 2.81. The number of hydrogen-bond donors (Lipinski definition) is 3. The molecule has 0 spiro atoms. The zero-order chi connectivity index (χ0) is 21.0. The molecular weight excluding hydrogens is 346 g/mol. The van der Waals surface area contributed by atoms with Crippen LogP contribution >= 0.6 is 0 Å². The lowest BCUT2D eigenvalue weighted by Crippen LogP contribution is -2.55. The Morgan fingerprint density at radius 2 is 1.33 bits per heavy atom. The predicted octanol–water partition coefficient (Wildman–Crippen LogP) is 1.94. The fourth-order valence-electron chi connectivity index (χ4n) is 2.81. The average Bonchev–Trinajstić information content (AvgIpc) is 2.55. The van der Waals surface area contributed by atoms with Gasteiger partial charge in [0.15, 0.2) is 0 Å². The maximum absolute atomic E-state index is 12.7. The summed E-state index contributed by atoms with van der Waals surface area (Å²) < 4.78 is 0. The Kier molecular flexibility index (Phi) is 12.3. The van der Waals surface area contributed by atoms with E-state index < -0.39 is 18.1 Å². The zero-order valence-electron chi connectivity index (χ0n) is 17.6. The van der Waals surface area contributed by atoms with E-state index >= 15 is 0 Å². The molecule has 0 saturated heterocycles. The summed E-state index contributed by atoms with van der Waals surface area (Å²) in [7, 11) is 0. The Bertz CT molecular complexity index is 492. The van der Waals surface area contributed by atoms with Crippen molar-refractivity contribution in [1.82, 2.24) is 16.0 Å². The van der Waals surface area contributed by atoms with E-state index in [4.69, 9.17) is 0 Å². The number of rotatable bonds is 13. The highest BCUT2D eigenvalue weighted by molar-refractivity contribution is 5.92. The number of hydrogen-bond acceptors (Lipinski definition) is 4. The monoisotopic (exact) mass is 383 g/mol. The summed E-state index contributed by atoms with van der Waals surface area (Å²) in [6, 6.07) is -1.98. The molecule has 0 radical (unpaired) electrons. The van der Waals surface area contributed by atoms with Crippen LogP contribution in [0.15, 0.2) is 0 Å². The maximum Gasteiger partial charge on any atom is 0.243 e. The van der Waals surface area contributed by atoms with Crippen molar-refractivity contribution < 1.29 is 19.2 Å². The highest BCUT2D eigenvalue weighted by atomic mass is 16.2. The highest BCUT2D eigenvalue weighted by Gasteiger charge is 2.28. The van der Waals surface area contributed by atoms with Crippen molar-refractivity contribution in [2.24, 2.45) is 11.8 Å². The van der Waals surface area contributed by atoms with Gasteiger partial charge in [-0.2, -0.15) is 0 Å². The van der Waals surface area contributed by atoms with Gasteiger partial charge in [-0.15, -0.1) is 0 Å². The second kappa shape index (κ2) is 13.3. The summed E-state index contributed by atoms with van der Waals surface area (Å²) in [5.41, 5.74) is 0. The number of carbonyl (C=O) groups excluding carboxylic acids is 4. The molecule has 156 valence electrons. The molecule has 3 atom stereocenters. The van der Waals surface area contributed by atoms with Crippen molar-refractivity contribution in [3.63, 3.8) is 0 Å². The van der Waals surface area contributed by atoms with Crippen LogP contribution in [0.5, 0.6) is 0 Å². The Balaban J connectivity index is 5.14. The van der Waals surface area contributed by atoms with E-state index in [9.17, 15) is 19.2 Å². The molecule has 0 saturated carbocycles. The lowest BCUT2D eigenvalue weighted by molar-refractivity contribution is -0.133. The van der Waals surface area contributed by atoms with Crippen LogP contribution in [0.4, 0.5) is 0 Å². The van der Waals surface area contributed by atoms with Gasteiger partial charge in [0, 0.05) is 6.92 Å². The van der Waals surface area contributed by atoms with Crippen molar-refractivity contribution in [2.75, 3.05) is 0 Å². The summed E-state index contributed by atoms with van der Waals surface area (Å²) in [5, 5.41) is 8.14. The normalized spacial score (nSPS) is 14.4. The summed E-state index contributed by atoms with van der Waals surface area (Å²) in [6.45, 7) is 11.2. The smallest absolute Gasteiger partial charge is 0.243 e. The Morgan fingerprint density at radius 3 is 1.74 bits per heavy atom. The number of amides is 3. The first-order valence-corrected chi connectivity index (χ1v) is 9.93. The van der Waals surface area contributed by atoms with E-state index in [0.717, 1.165) is 19.1 Å². The molecule has 0 aromatic rings. The van der Waals surface area contributed by atoms with Crippen molar-refractivity contribution in [2.45, 2.75) is 91.8 Å². The topological polar surface area (TPSA) is 104 Å². The minimum absolute atomic E-state index is 0.177. The molecule has 0 aliphatic rings. The molecule has 0 heterocycles. The fraction of sp³-hybridized carbons (Fsp3) is 0.800. The van der Waals surface area contributed by atoms with Crippen LogP contribution in [-0.4, -0.2) is 42.1 Å². The first-order valence-electron chi connectivity index (χ1n) is 9.93. The van der Waals surface area contributed by atoms with E-state index in [0.29, 0.717) is 19.3 Å². The quantitative estimate of drug-likeness (QED) is 0.423. The Labute approximate surface area is 163 Å². The van der Waals surface area contributed by atoms with Crippen LogP contribution in [0.25, 0.3) is 0 Å². The van der Waals surface area contributed by atoms with E-state index in [2.05, 4.69) is 16.0 Å². The molecule has 0 aromatic carbocycles. The third-order valence-electron chi connectivity index (χ3n) is 4.10. The van der Waals surface area contributed by atoms with Gasteiger partial charge >= 0.3 is 0 Å². The predicted molar refractivity (Wildman–Crippen MR) is 106 cm³/mol. The van der Waals surface area contributed by atoms with Crippen molar-refractivity contribution >= 4 is 24.0 Å². The zero-order valence-corrected chi connectivity index (χ0v) is 17.6. The van der Waals surface area contributed by atoms with Gasteiger partial charge in [0.1, 0.15) is 18.4 Å². The van der Waals surface area contributed by atoms with Gasteiger partial charge in [-0.05, 0) is 31.1 Å². The molecule has 0 rings (SSSR count). The van der Waals surface area contributed by atoms with E-state index in [1.54, 1.807) is 0 Å². The van der Waals surface area contributed by atoms with Crippen LogP contribution in [0.1, 0.15) is 73.6 Å². The number of aldehydes is 1. The van der Waals surface area contributed by atoms with Gasteiger partial charge in [-0.25, -0.2) is 0 Å². The van der Waals surface area contributed by atoms with Gasteiger partial charge < -0.3 is 20.7 Å². The summed E-state index contributed by atoms with van der Waals surface area (Å²) >= 11 is 0. The van der Waals surface area contributed by atoms with Gasteiger partial charge in [-0.1, -0.05) is 47.5 Å². The molecule has 0 aliphatic carbocycles. The Morgan fingerprint density at radius 1 is 0.852 bits per heavy atom. The minimum Gasteiger partial charge on any atom is -0.345 e. The van der Waals surface area contributed by atoms with E-state index in [-0.39, 0.29) is 29.6 Å². The second-order valence-electron chi connectivity index (χ2n) is 7.97. The molecule has 0 fully saturated rings. The third kappa shape index (κ3) is 11.4. The summed E-state index contributed by atoms with van der Waals surface area (Å²) in [4.78, 5) is 47.9. The third-order valence-corrected chi connectivity index (χ3v) is 4.10. The largest absolute Gasteiger partial charge is 0.345 e. The molecule has 0 bridgehead atoms. The molecule has 0 aliphatic heterocycles. The van der Waals surface area contributed by atoms with Crippen molar-refractivity contribution in [1.29, 1.82) is 0 Å². The number of carbonyl (C=O) groups is 4. The first-order chi connectivity index (χ1) is 12.6. The molecule has 0 aromatic heterocycles. The van der Waals surface area contributed by atoms with E-state index in [1.807, 2.05) is 34.6 Å². The summed E-state index contributed by atoms with van der Waals surface area (Å²) in [5.74, 6) is -0.650. The van der Waals surface area contributed by atoms with Crippen molar-refractivity contribution in [3.8, 4) is 0 Å². The molecule has 7 nitrogen and oxygen atoms in total. The van der Waals surface area contributed by atoms with E-state index in [1.165, 1.54) is 6.92 Å². The number of nitrogens with one attached hydrogen (secondary N) is 3. The van der Waals surface area contributed by atoms with Gasteiger partial charge in [0.2, 0.25) is 17.7 Å². The first kappa shape index (κ1) is 25.1. The standard InChI is InChI=1S/C20H37N3O4/c1-7-8-9-16(12-24)22-19(26)18(11-14(4)5)23-20(27)17(10-13(2)3)21-15(6)25/h12-14,16-18H,7-11H2,1-6H3,(H,21,25)(H,22,26)(H,23,27)/t16?,17-,18-/m0/s1. The minimum atomic E-state index is -0.745. The average molecular weight is 384 g/mol. The van der Waals surface area contributed by atoms with Gasteiger partial charge in [-0.3, -0.25) is 14.4 Å². The number of unbranched alkanes of at least 4 members (excludes halogenated alkanes) is 1. The van der Waals surface area contributed by atoms with Gasteiger partial charge in [0.25, 0.3) is 0 Å². The molecular formula is C20H37N3O4. The molecule has 1 unspecified atom stereocenters. The molecule has 7 heteroatoms. The highest BCUT2D eigenvalue weighted by Crippen LogP contribution is 2.09. The van der Waals surface area contributed by atoms with Crippen LogP contribution in [0, 0.1) is 11.8 Å². The molecule has 3 N–H and O–H groups in total. The molecule has 3 amide bonds. The van der Waals surface area contributed by atoms with Crippen molar-refractivity contribution in [3.05, 3.63) is 0 Å². The maximum atomic E-state index is 12.7. The van der Waals surface area contributed by atoms with Crippen LogP contribution < -0.4 is 16.0 Å². The van der Waals surface area contributed by atoms with Crippen LogP contribution in [0.3, 0.4) is 0 Å². The van der Waals surface area contributed by atoms with Gasteiger partial charge in [0.05, 0.1) is 6.04 Å². The second-order valence-corrected chi connectivity index (χ2v) is 7.97. The van der Waals surface area contributed by atoms with Crippen LogP contribution in [-0.2, 0) is 19.2 Å².